The number of nitrogens with one attached hydrogen (secondary N) is 1. The maximum atomic E-state index is 5.93. The first-order chi connectivity index (χ1) is 11.8. The fourth-order valence-electron chi connectivity index (χ4n) is 2.90. The highest BCUT2D eigenvalue weighted by molar-refractivity contribution is 6.30. The van der Waals surface area contributed by atoms with E-state index in [0.717, 1.165) is 40.2 Å². The van der Waals surface area contributed by atoms with Crippen molar-refractivity contribution in [1.29, 1.82) is 0 Å². The van der Waals surface area contributed by atoms with Gasteiger partial charge in [0.05, 0.1) is 11.2 Å². The first-order valence-corrected chi connectivity index (χ1v) is 8.29. The van der Waals surface area contributed by atoms with Crippen LogP contribution in [0.3, 0.4) is 0 Å². The van der Waals surface area contributed by atoms with E-state index in [9.17, 15) is 0 Å². The second-order valence-electron chi connectivity index (χ2n) is 5.79. The minimum Gasteiger partial charge on any atom is -0.278 e. The molecule has 2 aromatic carbocycles. The average molecular weight is 334 g/mol. The summed E-state index contributed by atoms with van der Waals surface area (Å²) in [4.78, 5) is 4.07. The summed E-state index contributed by atoms with van der Waals surface area (Å²) in [5, 5.41) is 9.61. The van der Waals surface area contributed by atoms with E-state index in [2.05, 4.69) is 45.5 Å². The highest BCUT2D eigenvalue weighted by Crippen LogP contribution is 2.25. The van der Waals surface area contributed by atoms with Crippen LogP contribution in [0.1, 0.15) is 11.3 Å². The minimum absolute atomic E-state index is 0.771. The minimum atomic E-state index is 0.771. The predicted molar refractivity (Wildman–Crippen MR) is 98.2 cm³/mol. The lowest BCUT2D eigenvalue weighted by molar-refractivity contribution is 0.901. The number of pyridine rings is 1. The zero-order valence-electron chi connectivity index (χ0n) is 13.0. The first kappa shape index (κ1) is 14.9. The van der Waals surface area contributed by atoms with E-state index < -0.39 is 0 Å². The molecule has 4 aromatic rings. The van der Waals surface area contributed by atoms with Crippen LogP contribution >= 0.6 is 11.6 Å². The quantitative estimate of drug-likeness (QED) is 0.567. The van der Waals surface area contributed by atoms with Crippen LogP contribution < -0.4 is 0 Å². The molecule has 0 bridgehead atoms. The van der Waals surface area contributed by atoms with Gasteiger partial charge in [-0.15, -0.1) is 0 Å². The fourth-order valence-corrected chi connectivity index (χ4v) is 3.03. The summed E-state index contributed by atoms with van der Waals surface area (Å²) in [7, 11) is 0. The summed E-state index contributed by atoms with van der Waals surface area (Å²) in [6.07, 6.45) is 5.47. The molecular weight excluding hydrogens is 318 g/mol. The average Bonchev–Trinajstić information content (AvgIpc) is 3.04. The number of aromatic amines is 1. The van der Waals surface area contributed by atoms with Gasteiger partial charge in [-0.05, 0) is 59.9 Å². The zero-order chi connectivity index (χ0) is 16.4. The van der Waals surface area contributed by atoms with Crippen molar-refractivity contribution in [3.8, 4) is 11.1 Å². The molecule has 0 aliphatic heterocycles. The largest absolute Gasteiger partial charge is 0.278 e. The van der Waals surface area contributed by atoms with Crippen LogP contribution in [0, 0.1) is 0 Å². The van der Waals surface area contributed by atoms with Gasteiger partial charge in [0.1, 0.15) is 0 Å². The van der Waals surface area contributed by atoms with E-state index in [1.165, 1.54) is 10.9 Å². The summed E-state index contributed by atoms with van der Waals surface area (Å²) in [6.45, 7) is 0. The van der Waals surface area contributed by atoms with Crippen LogP contribution in [0.5, 0.6) is 0 Å². The third-order valence-corrected chi connectivity index (χ3v) is 4.47. The van der Waals surface area contributed by atoms with Gasteiger partial charge >= 0.3 is 0 Å². The monoisotopic (exact) mass is 333 g/mol. The van der Waals surface area contributed by atoms with E-state index in [1.807, 2.05) is 36.7 Å². The Morgan fingerprint density at radius 2 is 1.62 bits per heavy atom. The molecule has 0 amide bonds. The Morgan fingerprint density at radius 1 is 0.833 bits per heavy atom. The number of halogens is 1. The topological polar surface area (TPSA) is 41.6 Å². The fraction of sp³-hybridized carbons (Fsp3) is 0.100. The molecule has 0 radical (unpaired) electrons. The second-order valence-corrected chi connectivity index (χ2v) is 6.23. The Hall–Kier alpha value is -2.65. The first-order valence-electron chi connectivity index (χ1n) is 7.91. The van der Waals surface area contributed by atoms with Crippen molar-refractivity contribution >= 4 is 22.5 Å². The number of aryl methyl sites for hydroxylation is 2. The van der Waals surface area contributed by atoms with Gasteiger partial charge < -0.3 is 0 Å². The molecule has 24 heavy (non-hydrogen) atoms. The van der Waals surface area contributed by atoms with Crippen LogP contribution in [0.15, 0.2) is 67.0 Å². The second kappa shape index (κ2) is 6.46. The maximum absolute atomic E-state index is 5.93. The van der Waals surface area contributed by atoms with Gasteiger partial charge in [-0.2, -0.15) is 5.10 Å². The lowest BCUT2D eigenvalue weighted by atomic mass is 10.0. The number of fused-ring (bicyclic) bond motifs is 1. The number of benzene rings is 2. The molecule has 0 saturated carbocycles. The van der Waals surface area contributed by atoms with Crippen molar-refractivity contribution in [3.63, 3.8) is 0 Å². The van der Waals surface area contributed by atoms with Gasteiger partial charge in [-0.25, -0.2) is 0 Å². The normalized spacial score (nSPS) is 11.0. The summed E-state index contributed by atoms with van der Waals surface area (Å²) in [5.41, 5.74) is 5.75. The lowest BCUT2D eigenvalue weighted by Gasteiger charge is -2.02. The molecule has 118 valence electrons. The van der Waals surface area contributed by atoms with E-state index >= 15 is 0 Å². The summed E-state index contributed by atoms with van der Waals surface area (Å²) in [6, 6.07) is 18.4. The van der Waals surface area contributed by atoms with Crippen LogP contribution in [-0.4, -0.2) is 15.2 Å². The van der Waals surface area contributed by atoms with Crippen molar-refractivity contribution in [2.75, 3.05) is 0 Å². The number of nitrogens with zero attached hydrogens (tertiary/aromatic N) is 2. The number of H-pyrrole nitrogens is 1. The van der Waals surface area contributed by atoms with Crippen molar-refractivity contribution in [2.45, 2.75) is 12.8 Å². The van der Waals surface area contributed by atoms with Crippen molar-refractivity contribution in [3.05, 3.63) is 83.3 Å². The molecule has 0 aliphatic rings. The van der Waals surface area contributed by atoms with E-state index in [0.29, 0.717) is 0 Å². The molecule has 0 spiro atoms. The Kier molecular flexibility index (Phi) is 4.01. The molecule has 4 rings (SSSR count). The van der Waals surface area contributed by atoms with Crippen molar-refractivity contribution in [2.24, 2.45) is 0 Å². The third kappa shape index (κ3) is 3.03. The number of hydrogen-bond donors (Lipinski definition) is 1. The maximum Gasteiger partial charge on any atom is 0.0704 e. The Bertz CT molecular complexity index is 959. The van der Waals surface area contributed by atoms with Crippen LogP contribution in [0.2, 0.25) is 5.02 Å². The molecule has 4 heteroatoms. The van der Waals surface area contributed by atoms with E-state index in [-0.39, 0.29) is 0 Å². The Balaban J connectivity index is 1.58. The molecule has 3 nitrogen and oxygen atoms in total. The number of hydrogen-bond acceptors (Lipinski definition) is 2. The molecular formula is C20H16ClN3. The molecule has 0 unspecified atom stereocenters. The number of rotatable bonds is 4. The molecule has 0 aliphatic carbocycles. The lowest BCUT2D eigenvalue weighted by Crippen LogP contribution is -1.92. The van der Waals surface area contributed by atoms with E-state index in [1.54, 1.807) is 0 Å². The van der Waals surface area contributed by atoms with Crippen molar-refractivity contribution < 1.29 is 0 Å². The van der Waals surface area contributed by atoms with E-state index in [4.69, 9.17) is 11.6 Å². The highest BCUT2D eigenvalue weighted by atomic mass is 35.5. The molecule has 0 fully saturated rings. The summed E-state index contributed by atoms with van der Waals surface area (Å²) < 4.78 is 0. The van der Waals surface area contributed by atoms with Gasteiger partial charge in [-0.1, -0.05) is 35.9 Å². The number of aromatic nitrogens is 3. The molecule has 2 heterocycles. The van der Waals surface area contributed by atoms with Gasteiger partial charge in [0.2, 0.25) is 0 Å². The molecule has 1 N–H and O–H groups in total. The Labute approximate surface area is 145 Å². The molecule has 0 atom stereocenters. The molecule has 2 aromatic heterocycles. The standard InChI is InChI=1S/C20H16ClN3/c21-17-5-1-14(2-6-17)3-8-19-18-7-4-16(13-20(18)24-23-19)15-9-11-22-12-10-15/h1-2,4-7,9-13H,3,8H2,(H,23,24). The van der Waals surface area contributed by atoms with Gasteiger partial charge in [0, 0.05) is 22.8 Å². The third-order valence-electron chi connectivity index (χ3n) is 4.22. The van der Waals surface area contributed by atoms with Crippen LogP contribution in [0.4, 0.5) is 0 Å². The molecule has 0 saturated heterocycles. The summed E-state index contributed by atoms with van der Waals surface area (Å²) >= 11 is 5.93. The highest BCUT2D eigenvalue weighted by Gasteiger charge is 2.07. The van der Waals surface area contributed by atoms with Crippen LogP contribution in [-0.2, 0) is 12.8 Å². The zero-order valence-corrected chi connectivity index (χ0v) is 13.8. The van der Waals surface area contributed by atoms with Gasteiger partial charge in [-0.3, -0.25) is 10.1 Å². The van der Waals surface area contributed by atoms with Gasteiger partial charge in [0.25, 0.3) is 0 Å². The van der Waals surface area contributed by atoms with Crippen LogP contribution in [0.25, 0.3) is 22.0 Å². The van der Waals surface area contributed by atoms with Gasteiger partial charge in [0.15, 0.2) is 0 Å². The van der Waals surface area contributed by atoms with Crippen molar-refractivity contribution in [1.82, 2.24) is 15.2 Å². The predicted octanol–water partition coefficient (Wildman–Crippen LogP) is 5.06. The summed E-state index contributed by atoms with van der Waals surface area (Å²) in [5.74, 6) is 0. The SMILES string of the molecule is Clc1ccc(CCc2n[nH]c3cc(-c4ccncc4)ccc23)cc1. The Morgan fingerprint density at radius 3 is 2.42 bits per heavy atom. The smallest absolute Gasteiger partial charge is 0.0704 e.